The number of nitrogens with zero attached hydrogens (tertiary/aromatic N) is 3. The number of carbonyl (C=O) groups excluding carboxylic acids is 1. The molecule has 1 saturated heterocycles. The van der Waals surface area contributed by atoms with Crippen molar-refractivity contribution in [1.29, 1.82) is 0 Å². The Hall–Kier alpha value is -2.84. The molecule has 0 aliphatic carbocycles. The normalized spacial score (nSPS) is 14.4. The zero-order chi connectivity index (χ0) is 18.7. The molecule has 1 aromatic heterocycles. The number of halogens is 3. The van der Waals surface area contributed by atoms with E-state index in [4.69, 9.17) is 0 Å². The minimum atomic E-state index is -4.75. The van der Waals surface area contributed by atoms with Crippen LogP contribution in [0.25, 0.3) is 0 Å². The lowest BCUT2D eigenvalue weighted by atomic mass is 10.2. The average Bonchev–Trinajstić information content (AvgIpc) is 3.09. The maximum atomic E-state index is 12.4. The van der Waals surface area contributed by atoms with E-state index in [-0.39, 0.29) is 5.75 Å². The fourth-order valence-electron chi connectivity index (χ4n) is 2.69. The lowest BCUT2D eigenvalue weighted by Crippen LogP contribution is -2.22. The van der Waals surface area contributed by atoms with Gasteiger partial charge in [-0.25, -0.2) is 9.97 Å². The van der Waals surface area contributed by atoms with Gasteiger partial charge in [0.05, 0.1) is 11.3 Å². The van der Waals surface area contributed by atoms with Crippen LogP contribution in [0.3, 0.4) is 0 Å². The summed E-state index contributed by atoms with van der Waals surface area (Å²) in [6, 6.07) is 4.91. The van der Waals surface area contributed by atoms with E-state index in [1.165, 1.54) is 18.3 Å². The van der Waals surface area contributed by atoms with Gasteiger partial charge >= 0.3 is 6.36 Å². The second-order valence-electron chi connectivity index (χ2n) is 5.89. The molecule has 1 amide bonds. The summed E-state index contributed by atoms with van der Waals surface area (Å²) in [4.78, 5) is 23.1. The highest BCUT2D eigenvalue weighted by Crippen LogP contribution is 2.24. The quantitative estimate of drug-likeness (QED) is 0.897. The van der Waals surface area contributed by atoms with Gasteiger partial charge in [0.1, 0.15) is 5.75 Å². The molecule has 1 fully saturated rings. The van der Waals surface area contributed by atoms with Crippen LogP contribution in [0.4, 0.5) is 24.8 Å². The first-order valence-corrected chi connectivity index (χ1v) is 8.07. The van der Waals surface area contributed by atoms with Crippen LogP contribution in [0.15, 0.2) is 30.5 Å². The maximum absolute atomic E-state index is 12.4. The van der Waals surface area contributed by atoms with E-state index in [1.54, 1.807) is 6.92 Å². The number of amides is 1. The summed E-state index contributed by atoms with van der Waals surface area (Å²) >= 11 is 0. The van der Waals surface area contributed by atoms with Crippen molar-refractivity contribution in [2.24, 2.45) is 0 Å². The molecule has 1 aliphatic heterocycles. The fraction of sp³-hybridized carbons (Fsp3) is 0.353. The van der Waals surface area contributed by atoms with Crippen molar-refractivity contribution in [2.75, 3.05) is 23.3 Å². The van der Waals surface area contributed by atoms with Crippen LogP contribution in [-0.2, 0) is 0 Å². The molecule has 26 heavy (non-hydrogen) atoms. The summed E-state index contributed by atoms with van der Waals surface area (Å²) in [5.74, 6) is -0.185. The highest BCUT2D eigenvalue weighted by Gasteiger charge is 2.31. The molecule has 3 rings (SSSR count). The number of hydrogen-bond donors (Lipinski definition) is 1. The topological polar surface area (TPSA) is 67.4 Å². The molecule has 0 bridgehead atoms. The van der Waals surface area contributed by atoms with Gasteiger partial charge in [0, 0.05) is 25.0 Å². The molecule has 0 unspecified atom stereocenters. The molecule has 2 heterocycles. The summed E-state index contributed by atoms with van der Waals surface area (Å²) in [6.07, 6.45) is -1.10. The fourth-order valence-corrected chi connectivity index (χ4v) is 2.69. The van der Waals surface area contributed by atoms with E-state index in [0.717, 1.165) is 38.1 Å². The van der Waals surface area contributed by atoms with Crippen LogP contribution in [0.2, 0.25) is 0 Å². The molecule has 138 valence electrons. The standard InChI is InChI=1S/C17H17F3N4O2/c1-11-14(10-21-16(22-11)24-8-2-3-9-24)15(25)23-12-4-6-13(7-5-12)26-17(18,19)20/h4-7,10H,2-3,8-9H2,1H3,(H,23,25). The summed E-state index contributed by atoms with van der Waals surface area (Å²) in [7, 11) is 0. The maximum Gasteiger partial charge on any atom is 0.573 e. The molecule has 1 aromatic carbocycles. The van der Waals surface area contributed by atoms with Gasteiger partial charge in [0.15, 0.2) is 0 Å². The Morgan fingerprint density at radius 1 is 1.19 bits per heavy atom. The Labute approximate surface area is 148 Å². The van der Waals surface area contributed by atoms with Gasteiger partial charge in [-0.15, -0.1) is 13.2 Å². The number of anilines is 2. The number of carbonyl (C=O) groups is 1. The molecule has 9 heteroatoms. The van der Waals surface area contributed by atoms with Crippen LogP contribution in [0.1, 0.15) is 28.9 Å². The first-order chi connectivity index (χ1) is 12.3. The van der Waals surface area contributed by atoms with Gasteiger partial charge in [0.2, 0.25) is 5.95 Å². The van der Waals surface area contributed by atoms with Gasteiger partial charge in [-0.05, 0) is 44.0 Å². The molecule has 0 saturated carbocycles. The minimum Gasteiger partial charge on any atom is -0.406 e. The Bertz CT molecular complexity index is 788. The monoisotopic (exact) mass is 366 g/mol. The summed E-state index contributed by atoms with van der Waals surface area (Å²) in [6.45, 7) is 3.52. The Morgan fingerprint density at radius 2 is 1.85 bits per heavy atom. The van der Waals surface area contributed by atoms with Gasteiger partial charge in [0.25, 0.3) is 5.91 Å². The Morgan fingerprint density at radius 3 is 2.42 bits per heavy atom. The minimum absolute atomic E-state index is 0.309. The van der Waals surface area contributed by atoms with Crippen molar-refractivity contribution in [3.8, 4) is 5.75 Å². The van der Waals surface area contributed by atoms with Crippen molar-refractivity contribution in [2.45, 2.75) is 26.1 Å². The molecule has 0 atom stereocenters. The highest BCUT2D eigenvalue weighted by atomic mass is 19.4. The van der Waals surface area contributed by atoms with Crippen LogP contribution in [0.5, 0.6) is 5.75 Å². The summed E-state index contributed by atoms with van der Waals surface area (Å²) in [5, 5.41) is 2.61. The van der Waals surface area contributed by atoms with E-state index >= 15 is 0 Å². The SMILES string of the molecule is Cc1nc(N2CCCC2)ncc1C(=O)Nc1ccc(OC(F)(F)F)cc1. The van der Waals surface area contributed by atoms with E-state index in [9.17, 15) is 18.0 Å². The number of hydrogen-bond acceptors (Lipinski definition) is 5. The van der Waals surface area contributed by atoms with E-state index in [1.807, 2.05) is 0 Å². The number of nitrogens with one attached hydrogen (secondary N) is 1. The molecule has 1 aliphatic rings. The van der Waals surface area contributed by atoms with Crippen molar-refractivity contribution in [1.82, 2.24) is 9.97 Å². The zero-order valence-corrected chi connectivity index (χ0v) is 14.0. The molecular weight excluding hydrogens is 349 g/mol. The number of aryl methyl sites for hydroxylation is 1. The molecule has 1 N–H and O–H groups in total. The van der Waals surface area contributed by atoms with Crippen LogP contribution >= 0.6 is 0 Å². The number of aromatic nitrogens is 2. The average molecular weight is 366 g/mol. The highest BCUT2D eigenvalue weighted by molar-refractivity contribution is 6.04. The van der Waals surface area contributed by atoms with Crippen LogP contribution in [-0.4, -0.2) is 35.3 Å². The Kier molecular flexibility index (Phi) is 4.97. The van der Waals surface area contributed by atoms with Crippen LogP contribution < -0.4 is 15.0 Å². The lowest BCUT2D eigenvalue weighted by molar-refractivity contribution is -0.274. The predicted octanol–water partition coefficient (Wildman–Crippen LogP) is 3.54. The zero-order valence-electron chi connectivity index (χ0n) is 14.0. The molecule has 0 spiro atoms. The molecular formula is C17H17F3N4O2. The van der Waals surface area contributed by atoms with E-state index in [2.05, 4.69) is 24.9 Å². The third-order valence-electron chi connectivity index (χ3n) is 3.95. The number of ether oxygens (including phenoxy) is 1. The van der Waals surface area contributed by atoms with Gasteiger partial charge < -0.3 is 15.0 Å². The number of benzene rings is 1. The van der Waals surface area contributed by atoms with Gasteiger partial charge in [-0.2, -0.15) is 0 Å². The van der Waals surface area contributed by atoms with Gasteiger partial charge in [-0.1, -0.05) is 0 Å². The molecule has 6 nitrogen and oxygen atoms in total. The second kappa shape index (κ2) is 7.19. The number of alkyl halides is 3. The Balaban J connectivity index is 1.67. The van der Waals surface area contributed by atoms with E-state index in [0.29, 0.717) is 22.9 Å². The lowest BCUT2D eigenvalue weighted by Gasteiger charge is -2.16. The summed E-state index contributed by atoms with van der Waals surface area (Å²) in [5.41, 5.74) is 1.19. The van der Waals surface area contributed by atoms with Crippen molar-refractivity contribution < 1.29 is 22.7 Å². The second-order valence-corrected chi connectivity index (χ2v) is 5.89. The van der Waals surface area contributed by atoms with E-state index < -0.39 is 12.3 Å². The first-order valence-electron chi connectivity index (χ1n) is 8.07. The third-order valence-corrected chi connectivity index (χ3v) is 3.95. The first kappa shape index (κ1) is 18.0. The number of rotatable bonds is 4. The van der Waals surface area contributed by atoms with Gasteiger partial charge in [-0.3, -0.25) is 4.79 Å². The molecule has 0 radical (unpaired) electrons. The van der Waals surface area contributed by atoms with Crippen molar-refractivity contribution in [3.63, 3.8) is 0 Å². The van der Waals surface area contributed by atoms with Crippen molar-refractivity contribution >= 4 is 17.5 Å². The smallest absolute Gasteiger partial charge is 0.406 e. The largest absolute Gasteiger partial charge is 0.573 e. The van der Waals surface area contributed by atoms with Crippen LogP contribution in [0, 0.1) is 6.92 Å². The third kappa shape index (κ3) is 4.41. The predicted molar refractivity (Wildman–Crippen MR) is 89.3 cm³/mol. The van der Waals surface area contributed by atoms with Crippen molar-refractivity contribution in [3.05, 3.63) is 41.7 Å². The molecule has 2 aromatic rings. The summed E-state index contributed by atoms with van der Waals surface area (Å²) < 4.78 is 40.2.